The van der Waals surface area contributed by atoms with Crippen LogP contribution in [0, 0.1) is 0 Å². The molecule has 0 saturated carbocycles. The predicted molar refractivity (Wildman–Crippen MR) is 77.4 cm³/mol. The zero-order valence-corrected chi connectivity index (χ0v) is 11.3. The van der Waals surface area contributed by atoms with Crippen LogP contribution in [0.25, 0.3) is 0 Å². The number of aromatic nitrogens is 1. The number of nitrogens with zero attached hydrogens (tertiary/aromatic N) is 2. The van der Waals surface area contributed by atoms with E-state index in [1.165, 1.54) is 48.7 Å². The van der Waals surface area contributed by atoms with Crippen LogP contribution in [0.3, 0.4) is 0 Å². The Morgan fingerprint density at radius 3 is 2.61 bits per heavy atom. The molecular formula is C15H18N2S. The molecular weight excluding hydrogens is 240 g/mol. The number of anilines is 1. The van der Waals surface area contributed by atoms with Gasteiger partial charge >= 0.3 is 0 Å². The Bertz CT molecular complexity index is 486. The lowest BCUT2D eigenvalue weighted by Crippen LogP contribution is -2.29. The third-order valence-electron chi connectivity index (χ3n) is 3.42. The van der Waals surface area contributed by atoms with Crippen LogP contribution in [0.4, 0.5) is 5.82 Å². The molecule has 0 unspecified atom stereocenters. The van der Waals surface area contributed by atoms with Gasteiger partial charge in [0.2, 0.25) is 0 Å². The van der Waals surface area contributed by atoms with Crippen molar-refractivity contribution in [2.24, 2.45) is 0 Å². The summed E-state index contributed by atoms with van der Waals surface area (Å²) in [6.45, 7) is 2.35. The number of hydrogen-bond acceptors (Lipinski definition) is 3. The average Bonchev–Trinajstić information content (AvgIpc) is 2.89. The van der Waals surface area contributed by atoms with Crippen molar-refractivity contribution in [1.29, 1.82) is 0 Å². The van der Waals surface area contributed by atoms with Gasteiger partial charge in [0.1, 0.15) is 5.82 Å². The van der Waals surface area contributed by atoms with Crippen molar-refractivity contribution >= 4 is 17.2 Å². The molecule has 0 aliphatic carbocycles. The summed E-state index contributed by atoms with van der Waals surface area (Å²) in [5.41, 5.74) is 1.34. The largest absolute Gasteiger partial charge is 0.356 e. The minimum atomic E-state index is 0.958. The van der Waals surface area contributed by atoms with E-state index >= 15 is 0 Å². The number of rotatable bonds is 3. The molecule has 1 aliphatic rings. The van der Waals surface area contributed by atoms with E-state index < -0.39 is 0 Å². The highest BCUT2D eigenvalue weighted by Crippen LogP contribution is 2.23. The van der Waals surface area contributed by atoms with Crippen LogP contribution in [0.15, 0.2) is 35.7 Å². The van der Waals surface area contributed by atoms with Crippen molar-refractivity contribution in [2.75, 3.05) is 18.0 Å². The molecule has 1 fully saturated rings. The lowest BCUT2D eigenvalue weighted by molar-refractivity contribution is 0.574. The average molecular weight is 258 g/mol. The molecule has 2 heterocycles. The SMILES string of the molecule is c1ccc(Cc2nc(N3CCCCC3)cs2)cc1. The second-order valence-electron chi connectivity index (χ2n) is 4.81. The van der Waals surface area contributed by atoms with E-state index in [2.05, 4.69) is 40.6 Å². The summed E-state index contributed by atoms with van der Waals surface area (Å²) in [5, 5.41) is 3.44. The molecule has 1 aromatic carbocycles. The first-order valence-corrected chi connectivity index (χ1v) is 7.53. The van der Waals surface area contributed by atoms with Gasteiger partial charge in [-0.05, 0) is 24.8 Å². The van der Waals surface area contributed by atoms with Gasteiger partial charge in [-0.15, -0.1) is 11.3 Å². The van der Waals surface area contributed by atoms with Crippen LogP contribution in [0.2, 0.25) is 0 Å². The maximum atomic E-state index is 4.77. The molecule has 2 nitrogen and oxygen atoms in total. The molecule has 3 heteroatoms. The Labute approximate surface area is 112 Å². The van der Waals surface area contributed by atoms with Gasteiger partial charge in [-0.1, -0.05) is 30.3 Å². The summed E-state index contributed by atoms with van der Waals surface area (Å²) in [6.07, 6.45) is 4.95. The van der Waals surface area contributed by atoms with Crippen molar-refractivity contribution in [3.8, 4) is 0 Å². The Morgan fingerprint density at radius 2 is 1.83 bits per heavy atom. The quantitative estimate of drug-likeness (QED) is 0.834. The lowest BCUT2D eigenvalue weighted by atomic mass is 10.1. The van der Waals surface area contributed by atoms with Gasteiger partial charge in [0.25, 0.3) is 0 Å². The van der Waals surface area contributed by atoms with Gasteiger partial charge < -0.3 is 4.90 Å². The second kappa shape index (κ2) is 5.53. The Balaban J connectivity index is 1.69. The number of hydrogen-bond donors (Lipinski definition) is 0. The van der Waals surface area contributed by atoms with Crippen LogP contribution in [0.5, 0.6) is 0 Å². The summed E-state index contributed by atoms with van der Waals surface area (Å²) in [4.78, 5) is 7.20. The van der Waals surface area contributed by atoms with E-state index in [0.717, 1.165) is 6.42 Å². The highest BCUT2D eigenvalue weighted by molar-refractivity contribution is 7.10. The van der Waals surface area contributed by atoms with Gasteiger partial charge in [-0.3, -0.25) is 0 Å². The standard InChI is InChI=1S/C15H18N2S/c1-3-7-13(8-4-1)11-15-16-14(12-18-15)17-9-5-2-6-10-17/h1,3-4,7-8,12H,2,5-6,9-11H2. The zero-order chi connectivity index (χ0) is 12.2. The third-order valence-corrected chi connectivity index (χ3v) is 4.25. The molecule has 3 rings (SSSR count). The molecule has 18 heavy (non-hydrogen) atoms. The number of benzene rings is 1. The minimum Gasteiger partial charge on any atom is -0.356 e. The fourth-order valence-corrected chi connectivity index (χ4v) is 3.26. The zero-order valence-electron chi connectivity index (χ0n) is 10.5. The maximum Gasteiger partial charge on any atom is 0.139 e. The second-order valence-corrected chi connectivity index (χ2v) is 5.75. The smallest absolute Gasteiger partial charge is 0.139 e. The highest BCUT2D eigenvalue weighted by atomic mass is 32.1. The third kappa shape index (κ3) is 2.72. The Hall–Kier alpha value is -1.35. The molecule has 1 saturated heterocycles. The molecule has 0 N–H and O–H groups in total. The van der Waals surface area contributed by atoms with Crippen LogP contribution in [-0.2, 0) is 6.42 Å². The van der Waals surface area contributed by atoms with E-state index in [1.807, 2.05) is 0 Å². The molecule has 0 atom stereocenters. The summed E-state index contributed by atoms with van der Waals surface area (Å²) in [7, 11) is 0. The number of piperidine rings is 1. The van der Waals surface area contributed by atoms with Gasteiger partial charge in [0, 0.05) is 24.9 Å². The summed E-state index contributed by atoms with van der Waals surface area (Å²) >= 11 is 1.79. The monoisotopic (exact) mass is 258 g/mol. The van der Waals surface area contributed by atoms with E-state index in [-0.39, 0.29) is 0 Å². The molecule has 0 radical (unpaired) electrons. The normalized spacial score (nSPS) is 15.9. The number of thiazole rings is 1. The highest BCUT2D eigenvalue weighted by Gasteiger charge is 2.13. The lowest BCUT2D eigenvalue weighted by Gasteiger charge is -2.26. The Kier molecular flexibility index (Phi) is 3.60. The first kappa shape index (κ1) is 11.7. The minimum absolute atomic E-state index is 0.958. The van der Waals surface area contributed by atoms with Crippen LogP contribution in [0.1, 0.15) is 29.8 Å². The van der Waals surface area contributed by atoms with E-state index in [4.69, 9.17) is 4.98 Å². The van der Waals surface area contributed by atoms with Crippen molar-refractivity contribution < 1.29 is 0 Å². The maximum absolute atomic E-state index is 4.77. The van der Waals surface area contributed by atoms with Crippen LogP contribution >= 0.6 is 11.3 Å². The van der Waals surface area contributed by atoms with Gasteiger partial charge in [0.15, 0.2) is 0 Å². The first-order chi connectivity index (χ1) is 8.92. The van der Waals surface area contributed by atoms with Crippen molar-refractivity contribution in [3.63, 3.8) is 0 Å². The molecule has 0 spiro atoms. The van der Waals surface area contributed by atoms with Crippen LogP contribution in [-0.4, -0.2) is 18.1 Å². The van der Waals surface area contributed by atoms with E-state index in [1.54, 1.807) is 11.3 Å². The van der Waals surface area contributed by atoms with Crippen molar-refractivity contribution in [3.05, 3.63) is 46.3 Å². The van der Waals surface area contributed by atoms with Crippen LogP contribution < -0.4 is 4.90 Å². The molecule has 1 aliphatic heterocycles. The molecule has 94 valence electrons. The predicted octanol–water partition coefficient (Wildman–Crippen LogP) is 3.72. The molecule has 1 aromatic heterocycles. The summed E-state index contributed by atoms with van der Waals surface area (Å²) in [6, 6.07) is 10.6. The first-order valence-electron chi connectivity index (χ1n) is 6.65. The molecule has 0 amide bonds. The van der Waals surface area contributed by atoms with E-state index in [0.29, 0.717) is 0 Å². The van der Waals surface area contributed by atoms with E-state index in [9.17, 15) is 0 Å². The van der Waals surface area contributed by atoms with Gasteiger partial charge in [-0.2, -0.15) is 0 Å². The topological polar surface area (TPSA) is 16.1 Å². The van der Waals surface area contributed by atoms with Crippen molar-refractivity contribution in [2.45, 2.75) is 25.7 Å². The van der Waals surface area contributed by atoms with Gasteiger partial charge in [0.05, 0.1) is 5.01 Å². The summed E-state index contributed by atoms with van der Waals surface area (Å²) in [5.74, 6) is 1.19. The molecule has 0 bridgehead atoms. The fraction of sp³-hybridized carbons (Fsp3) is 0.400. The Morgan fingerprint density at radius 1 is 1.06 bits per heavy atom. The van der Waals surface area contributed by atoms with Crippen molar-refractivity contribution in [1.82, 2.24) is 4.98 Å². The fourth-order valence-electron chi connectivity index (χ4n) is 2.42. The summed E-state index contributed by atoms with van der Waals surface area (Å²) < 4.78 is 0. The molecule has 2 aromatic rings. The van der Waals surface area contributed by atoms with Gasteiger partial charge in [-0.25, -0.2) is 4.98 Å².